The van der Waals surface area contributed by atoms with Crippen molar-refractivity contribution in [1.82, 2.24) is 9.88 Å². The second-order valence-electron chi connectivity index (χ2n) is 5.89. The Hall–Kier alpha value is -2.06. The molecular formula is C19H20N2. The molecule has 2 nitrogen and oxygen atoms in total. The van der Waals surface area contributed by atoms with Crippen molar-refractivity contribution in [3.05, 3.63) is 71.4 Å². The minimum absolute atomic E-state index is 1.06. The van der Waals surface area contributed by atoms with Crippen LogP contribution in [0, 0.1) is 0 Å². The van der Waals surface area contributed by atoms with Crippen LogP contribution in [0.15, 0.2) is 54.6 Å². The average Bonchev–Trinajstić information content (AvgIpc) is 2.77. The van der Waals surface area contributed by atoms with Crippen molar-refractivity contribution in [2.75, 3.05) is 13.1 Å². The molecule has 0 amide bonds. The van der Waals surface area contributed by atoms with Gasteiger partial charge in [0.15, 0.2) is 0 Å². The highest BCUT2D eigenvalue weighted by atomic mass is 15.1. The predicted molar refractivity (Wildman–Crippen MR) is 87.4 cm³/mol. The van der Waals surface area contributed by atoms with Crippen LogP contribution in [0.3, 0.4) is 0 Å². The first kappa shape index (κ1) is 12.7. The van der Waals surface area contributed by atoms with Gasteiger partial charge >= 0.3 is 0 Å². The summed E-state index contributed by atoms with van der Waals surface area (Å²) in [5, 5.41) is 1.41. The molecule has 0 saturated carbocycles. The van der Waals surface area contributed by atoms with Crippen LogP contribution in [0.1, 0.15) is 16.8 Å². The molecule has 0 saturated heterocycles. The van der Waals surface area contributed by atoms with Crippen molar-refractivity contribution in [1.29, 1.82) is 0 Å². The lowest BCUT2D eigenvalue weighted by atomic mass is 10.1. The molecule has 21 heavy (non-hydrogen) atoms. The van der Waals surface area contributed by atoms with Gasteiger partial charge in [-0.3, -0.25) is 4.90 Å². The largest absolute Gasteiger partial charge is 0.358 e. The van der Waals surface area contributed by atoms with Crippen molar-refractivity contribution in [2.24, 2.45) is 0 Å². The van der Waals surface area contributed by atoms with Crippen LogP contribution in [0.25, 0.3) is 10.9 Å². The van der Waals surface area contributed by atoms with Gasteiger partial charge in [0.05, 0.1) is 0 Å². The average molecular weight is 276 g/mol. The number of nitrogens with one attached hydrogen (secondary N) is 1. The fraction of sp³-hybridized carbons (Fsp3) is 0.263. The first-order valence-electron chi connectivity index (χ1n) is 7.75. The van der Waals surface area contributed by atoms with E-state index in [2.05, 4.69) is 64.5 Å². The molecule has 1 aliphatic heterocycles. The van der Waals surface area contributed by atoms with Crippen LogP contribution in [-0.4, -0.2) is 23.0 Å². The van der Waals surface area contributed by atoms with Crippen molar-refractivity contribution < 1.29 is 0 Å². The zero-order valence-corrected chi connectivity index (χ0v) is 12.2. The maximum atomic E-state index is 3.61. The number of para-hydroxylation sites is 1. The van der Waals surface area contributed by atoms with Crippen LogP contribution >= 0.6 is 0 Å². The van der Waals surface area contributed by atoms with Gasteiger partial charge in [-0.2, -0.15) is 0 Å². The first-order chi connectivity index (χ1) is 10.4. The second-order valence-corrected chi connectivity index (χ2v) is 5.89. The van der Waals surface area contributed by atoms with Gasteiger partial charge in [-0.15, -0.1) is 0 Å². The third-order valence-electron chi connectivity index (χ3n) is 4.51. The fourth-order valence-electron chi connectivity index (χ4n) is 3.41. The molecule has 1 aromatic heterocycles. The number of nitrogens with zero attached hydrogens (tertiary/aromatic N) is 1. The van der Waals surface area contributed by atoms with E-state index in [-0.39, 0.29) is 0 Å². The number of rotatable bonds is 2. The molecule has 2 heteroatoms. The van der Waals surface area contributed by atoms with Gasteiger partial charge in [0.1, 0.15) is 0 Å². The summed E-state index contributed by atoms with van der Waals surface area (Å²) in [5.74, 6) is 0. The molecular weight excluding hydrogens is 256 g/mol. The first-order valence-corrected chi connectivity index (χ1v) is 7.75. The number of aromatic nitrogens is 1. The SMILES string of the molecule is c1ccc(CN2CCc3[nH]c4ccccc4c3CC2)cc1. The third kappa shape index (κ3) is 2.47. The van der Waals surface area contributed by atoms with Gasteiger partial charge in [0.25, 0.3) is 0 Å². The molecule has 3 aromatic rings. The standard InChI is InChI=1S/C19H20N2/c1-2-6-15(7-3-1)14-21-12-10-17-16-8-4-5-9-18(16)20-19(17)11-13-21/h1-9,20H,10-14H2. The maximum absolute atomic E-state index is 3.61. The maximum Gasteiger partial charge on any atom is 0.0458 e. The summed E-state index contributed by atoms with van der Waals surface area (Å²) in [4.78, 5) is 6.18. The predicted octanol–water partition coefficient (Wildman–Crippen LogP) is 3.77. The molecule has 0 radical (unpaired) electrons. The molecule has 0 aliphatic carbocycles. The van der Waals surface area contributed by atoms with Crippen LogP contribution < -0.4 is 0 Å². The Kier molecular flexibility index (Phi) is 3.24. The van der Waals surface area contributed by atoms with E-state index in [0.29, 0.717) is 0 Å². The second kappa shape index (κ2) is 5.38. The summed E-state index contributed by atoms with van der Waals surface area (Å²) in [6, 6.07) is 19.5. The van der Waals surface area contributed by atoms with Gasteiger partial charge in [0.2, 0.25) is 0 Å². The lowest BCUT2D eigenvalue weighted by molar-refractivity contribution is 0.279. The number of aromatic amines is 1. The smallest absolute Gasteiger partial charge is 0.0458 e. The van der Waals surface area contributed by atoms with Crippen molar-refractivity contribution in [3.63, 3.8) is 0 Å². The molecule has 0 unspecified atom stereocenters. The Morgan fingerprint density at radius 2 is 1.62 bits per heavy atom. The number of H-pyrrole nitrogens is 1. The molecule has 4 rings (SSSR count). The van der Waals surface area contributed by atoms with E-state index in [4.69, 9.17) is 0 Å². The Morgan fingerprint density at radius 1 is 0.857 bits per heavy atom. The molecule has 0 fully saturated rings. The molecule has 2 aromatic carbocycles. The van der Waals surface area contributed by atoms with E-state index in [1.54, 1.807) is 0 Å². The quantitative estimate of drug-likeness (QED) is 0.755. The number of benzene rings is 2. The van der Waals surface area contributed by atoms with Gasteiger partial charge in [-0.1, -0.05) is 48.5 Å². The molecule has 0 atom stereocenters. The Morgan fingerprint density at radius 3 is 2.52 bits per heavy atom. The Balaban J connectivity index is 1.55. The summed E-state index contributed by atoms with van der Waals surface area (Å²) < 4.78 is 0. The zero-order valence-electron chi connectivity index (χ0n) is 12.2. The number of hydrogen-bond donors (Lipinski definition) is 1. The van der Waals surface area contributed by atoms with Gasteiger partial charge in [0, 0.05) is 42.7 Å². The summed E-state index contributed by atoms with van der Waals surface area (Å²) in [5.41, 5.74) is 5.67. The summed E-state index contributed by atoms with van der Waals surface area (Å²) >= 11 is 0. The van der Waals surface area contributed by atoms with Crippen LogP contribution in [0.2, 0.25) is 0 Å². The van der Waals surface area contributed by atoms with Crippen molar-refractivity contribution >= 4 is 10.9 Å². The number of hydrogen-bond acceptors (Lipinski definition) is 1. The highest BCUT2D eigenvalue weighted by Crippen LogP contribution is 2.26. The van der Waals surface area contributed by atoms with Gasteiger partial charge in [-0.25, -0.2) is 0 Å². The molecule has 1 aliphatic rings. The van der Waals surface area contributed by atoms with E-state index in [9.17, 15) is 0 Å². The monoisotopic (exact) mass is 276 g/mol. The van der Waals surface area contributed by atoms with Gasteiger partial charge in [-0.05, 0) is 23.6 Å². The van der Waals surface area contributed by atoms with Crippen molar-refractivity contribution in [3.8, 4) is 0 Å². The molecule has 1 N–H and O–H groups in total. The van der Waals surface area contributed by atoms with Crippen LogP contribution in [0.4, 0.5) is 0 Å². The van der Waals surface area contributed by atoms with E-state index < -0.39 is 0 Å². The van der Waals surface area contributed by atoms with E-state index in [1.165, 1.54) is 27.7 Å². The topological polar surface area (TPSA) is 19.0 Å². The minimum Gasteiger partial charge on any atom is -0.358 e. The summed E-state index contributed by atoms with van der Waals surface area (Å²) in [6.07, 6.45) is 2.27. The molecule has 0 bridgehead atoms. The highest BCUT2D eigenvalue weighted by Gasteiger charge is 2.17. The normalized spacial score (nSPS) is 15.8. The lowest BCUT2D eigenvalue weighted by Crippen LogP contribution is -2.26. The van der Waals surface area contributed by atoms with Crippen LogP contribution in [-0.2, 0) is 19.4 Å². The third-order valence-corrected chi connectivity index (χ3v) is 4.51. The lowest BCUT2D eigenvalue weighted by Gasteiger charge is -2.19. The van der Waals surface area contributed by atoms with E-state index in [0.717, 1.165) is 32.5 Å². The highest BCUT2D eigenvalue weighted by molar-refractivity contribution is 5.84. The summed E-state index contributed by atoms with van der Waals surface area (Å²) in [7, 11) is 0. The van der Waals surface area contributed by atoms with Gasteiger partial charge < -0.3 is 4.98 Å². The molecule has 106 valence electrons. The molecule has 2 heterocycles. The number of fused-ring (bicyclic) bond motifs is 3. The van der Waals surface area contributed by atoms with Crippen LogP contribution in [0.5, 0.6) is 0 Å². The zero-order chi connectivity index (χ0) is 14.1. The minimum atomic E-state index is 1.06. The fourth-order valence-corrected chi connectivity index (χ4v) is 3.41. The Bertz CT molecular complexity index is 743. The van der Waals surface area contributed by atoms with E-state index in [1.807, 2.05) is 0 Å². The van der Waals surface area contributed by atoms with Crippen molar-refractivity contribution in [2.45, 2.75) is 19.4 Å². The summed E-state index contributed by atoms with van der Waals surface area (Å²) in [6.45, 7) is 3.33. The Labute approximate surface area is 125 Å². The molecule has 0 spiro atoms. The van der Waals surface area contributed by atoms with E-state index >= 15 is 0 Å².